The minimum atomic E-state index is 1.06. The molecule has 0 N–H and O–H groups in total. The van der Waals surface area contributed by atoms with Gasteiger partial charge in [0.2, 0.25) is 0 Å². The summed E-state index contributed by atoms with van der Waals surface area (Å²) < 4.78 is 0. The van der Waals surface area contributed by atoms with Crippen molar-refractivity contribution in [2.24, 2.45) is 0 Å². The molecule has 0 radical (unpaired) electrons. The fourth-order valence-electron chi connectivity index (χ4n) is 2.15. The Morgan fingerprint density at radius 3 is 2.53 bits per heavy atom. The third kappa shape index (κ3) is 1.80. The summed E-state index contributed by atoms with van der Waals surface area (Å²) in [6, 6.07) is 18.9. The van der Waals surface area contributed by atoms with E-state index in [2.05, 4.69) is 53.5 Å². The molecule has 0 amide bonds. The zero-order chi connectivity index (χ0) is 11.7. The van der Waals surface area contributed by atoms with E-state index < -0.39 is 0 Å². The first-order chi connectivity index (χ1) is 8.34. The zero-order valence-electron chi connectivity index (χ0n) is 9.72. The summed E-state index contributed by atoms with van der Waals surface area (Å²) in [6.07, 6.45) is 1.97. The van der Waals surface area contributed by atoms with Crippen molar-refractivity contribution in [3.63, 3.8) is 0 Å². The summed E-state index contributed by atoms with van der Waals surface area (Å²) in [4.78, 5) is 4.39. The first-order valence-electron chi connectivity index (χ1n) is 5.75. The van der Waals surface area contributed by atoms with Crippen molar-refractivity contribution in [2.45, 2.75) is 6.92 Å². The molecule has 0 fully saturated rings. The smallest absolute Gasteiger partial charge is 0.0379 e. The van der Waals surface area contributed by atoms with E-state index in [1.165, 1.54) is 21.9 Å². The van der Waals surface area contributed by atoms with E-state index in [1.54, 1.807) is 0 Å². The molecule has 1 aromatic heterocycles. The quantitative estimate of drug-likeness (QED) is 0.597. The van der Waals surface area contributed by atoms with Gasteiger partial charge in [-0.3, -0.25) is 4.98 Å². The summed E-state index contributed by atoms with van der Waals surface area (Å²) in [6.45, 7) is 2.02. The lowest BCUT2D eigenvalue weighted by Gasteiger charge is -2.06. The standard InChI is InChI=1S/C16H13N/c1-12-10-14-8-5-9-15(16(14)11-17-12)13-6-3-2-4-7-13/h2-11H,1H3. The molecule has 3 rings (SSSR count). The second kappa shape index (κ2) is 4.02. The first-order valence-corrected chi connectivity index (χ1v) is 5.75. The normalized spacial score (nSPS) is 10.6. The van der Waals surface area contributed by atoms with Gasteiger partial charge in [0.1, 0.15) is 0 Å². The molecule has 0 aliphatic heterocycles. The van der Waals surface area contributed by atoms with Gasteiger partial charge in [-0.25, -0.2) is 0 Å². The Morgan fingerprint density at radius 2 is 1.71 bits per heavy atom. The molecular weight excluding hydrogens is 206 g/mol. The number of rotatable bonds is 1. The fraction of sp³-hybridized carbons (Fsp3) is 0.0625. The van der Waals surface area contributed by atoms with Gasteiger partial charge in [0.15, 0.2) is 0 Å². The Hall–Kier alpha value is -2.15. The van der Waals surface area contributed by atoms with Crippen molar-refractivity contribution in [2.75, 3.05) is 0 Å². The first kappa shape index (κ1) is 10.0. The lowest BCUT2D eigenvalue weighted by Crippen LogP contribution is -1.85. The maximum Gasteiger partial charge on any atom is 0.0379 e. The molecule has 0 saturated heterocycles. The van der Waals surface area contributed by atoms with Crippen molar-refractivity contribution in [1.29, 1.82) is 0 Å². The van der Waals surface area contributed by atoms with Crippen LogP contribution in [0.15, 0.2) is 60.8 Å². The molecule has 1 heterocycles. The van der Waals surface area contributed by atoms with Crippen molar-refractivity contribution in [3.05, 3.63) is 66.5 Å². The predicted molar refractivity (Wildman–Crippen MR) is 71.9 cm³/mol. The molecule has 0 aliphatic rings. The molecular formula is C16H13N. The Morgan fingerprint density at radius 1 is 0.882 bits per heavy atom. The third-order valence-corrected chi connectivity index (χ3v) is 2.99. The van der Waals surface area contributed by atoms with Crippen LogP contribution in [0.25, 0.3) is 21.9 Å². The maximum atomic E-state index is 4.39. The Balaban J connectivity index is 2.31. The molecule has 2 aromatic carbocycles. The highest BCUT2D eigenvalue weighted by molar-refractivity contribution is 5.96. The molecule has 17 heavy (non-hydrogen) atoms. The minimum Gasteiger partial charge on any atom is -0.261 e. The summed E-state index contributed by atoms with van der Waals surface area (Å²) in [5, 5.41) is 2.46. The van der Waals surface area contributed by atoms with E-state index in [-0.39, 0.29) is 0 Å². The second-order valence-corrected chi connectivity index (χ2v) is 4.22. The molecule has 0 atom stereocenters. The van der Waals surface area contributed by atoms with Crippen LogP contribution in [0.5, 0.6) is 0 Å². The van der Waals surface area contributed by atoms with E-state index in [1.807, 2.05) is 19.2 Å². The van der Waals surface area contributed by atoms with E-state index in [0.29, 0.717) is 0 Å². The van der Waals surface area contributed by atoms with Gasteiger partial charge >= 0.3 is 0 Å². The highest BCUT2D eigenvalue weighted by Crippen LogP contribution is 2.27. The number of fused-ring (bicyclic) bond motifs is 1. The van der Waals surface area contributed by atoms with Crippen molar-refractivity contribution < 1.29 is 0 Å². The third-order valence-electron chi connectivity index (χ3n) is 2.99. The van der Waals surface area contributed by atoms with Gasteiger partial charge in [-0.15, -0.1) is 0 Å². The van der Waals surface area contributed by atoms with Gasteiger partial charge in [-0.05, 0) is 29.5 Å². The highest BCUT2D eigenvalue weighted by Gasteiger charge is 2.03. The number of nitrogens with zero attached hydrogens (tertiary/aromatic N) is 1. The Labute approximate surface area is 101 Å². The predicted octanol–water partition coefficient (Wildman–Crippen LogP) is 4.21. The topological polar surface area (TPSA) is 12.9 Å². The average Bonchev–Trinajstić information content (AvgIpc) is 2.39. The molecule has 0 aliphatic carbocycles. The summed E-state index contributed by atoms with van der Waals surface area (Å²) in [7, 11) is 0. The SMILES string of the molecule is Cc1cc2cccc(-c3ccccc3)c2cn1. The lowest BCUT2D eigenvalue weighted by atomic mass is 9.99. The van der Waals surface area contributed by atoms with E-state index in [0.717, 1.165) is 5.69 Å². The lowest BCUT2D eigenvalue weighted by molar-refractivity contribution is 1.22. The molecule has 82 valence electrons. The number of hydrogen-bond acceptors (Lipinski definition) is 1. The van der Waals surface area contributed by atoms with Crippen molar-refractivity contribution in [1.82, 2.24) is 4.98 Å². The number of pyridine rings is 1. The van der Waals surface area contributed by atoms with Gasteiger partial charge in [-0.2, -0.15) is 0 Å². The molecule has 1 heteroatoms. The zero-order valence-corrected chi connectivity index (χ0v) is 9.72. The minimum absolute atomic E-state index is 1.06. The van der Waals surface area contributed by atoms with Crippen molar-refractivity contribution >= 4 is 10.8 Å². The summed E-state index contributed by atoms with van der Waals surface area (Å²) in [5.74, 6) is 0. The number of hydrogen-bond donors (Lipinski definition) is 0. The monoisotopic (exact) mass is 219 g/mol. The Kier molecular flexibility index (Phi) is 2.37. The van der Waals surface area contributed by atoms with Crippen LogP contribution in [0.4, 0.5) is 0 Å². The highest BCUT2D eigenvalue weighted by atomic mass is 14.7. The summed E-state index contributed by atoms with van der Waals surface area (Å²) in [5.41, 5.74) is 3.54. The van der Waals surface area contributed by atoms with E-state index in [4.69, 9.17) is 0 Å². The Bertz CT molecular complexity index is 657. The van der Waals surface area contributed by atoms with Crippen LogP contribution >= 0.6 is 0 Å². The van der Waals surface area contributed by atoms with Gasteiger partial charge in [0.25, 0.3) is 0 Å². The van der Waals surface area contributed by atoms with E-state index in [9.17, 15) is 0 Å². The van der Waals surface area contributed by atoms with E-state index >= 15 is 0 Å². The summed E-state index contributed by atoms with van der Waals surface area (Å²) >= 11 is 0. The van der Waals surface area contributed by atoms with Crippen LogP contribution in [0.2, 0.25) is 0 Å². The molecule has 3 aromatic rings. The van der Waals surface area contributed by atoms with Gasteiger partial charge in [0, 0.05) is 17.3 Å². The molecule has 0 unspecified atom stereocenters. The van der Waals surface area contributed by atoms with Gasteiger partial charge in [0.05, 0.1) is 0 Å². The second-order valence-electron chi connectivity index (χ2n) is 4.22. The molecule has 0 bridgehead atoms. The number of aryl methyl sites for hydroxylation is 1. The van der Waals surface area contributed by atoms with Gasteiger partial charge < -0.3 is 0 Å². The molecule has 1 nitrogen and oxygen atoms in total. The fourth-order valence-corrected chi connectivity index (χ4v) is 2.15. The van der Waals surface area contributed by atoms with Crippen LogP contribution in [0.1, 0.15) is 5.69 Å². The average molecular weight is 219 g/mol. The maximum absolute atomic E-state index is 4.39. The van der Waals surface area contributed by atoms with Crippen LogP contribution in [0, 0.1) is 6.92 Å². The molecule has 0 spiro atoms. The van der Waals surface area contributed by atoms with Gasteiger partial charge in [-0.1, -0.05) is 48.5 Å². The number of benzene rings is 2. The van der Waals surface area contributed by atoms with Crippen LogP contribution in [-0.4, -0.2) is 4.98 Å². The largest absolute Gasteiger partial charge is 0.261 e. The molecule has 0 saturated carbocycles. The van der Waals surface area contributed by atoms with Crippen LogP contribution < -0.4 is 0 Å². The number of aromatic nitrogens is 1. The van der Waals surface area contributed by atoms with Crippen LogP contribution in [-0.2, 0) is 0 Å². The van der Waals surface area contributed by atoms with Crippen LogP contribution in [0.3, 0.4) is 0 Å². The van der Waals surface area contributed by atoms with Crippen molar-refractivity contribution in [3.8, 4) is 11.1 Å².